The molecular formula is C12H18N4OS. The van der Waals surface area contributed by atoms with Crippen molar-refractivity contribution in [3.8, 4) is 0 Å². The average Bonchev–Trinajstić information content (AvgIpc) is 2.95. The van der Waals surface area contributed by atoms with Gasteiger partial charge in [-0.2, -0.15) is 4.98 Å². The molecule has 0 amide bonds. The minimum Gasteiger partial charge on any atom is -0.340 e. The van der Waals surface area contributed by atoms with Gasteiger partial charge in [-0.3, -0.25) is 0 Å². The number of aromatic nitrogens is 3. The van der Waals surface area contributed by atoms with Crippen LogP contribution in [0.1, 0.15) is 36.5 Å². The summed E-state index contributed by atoms with van der Waals surface area (Å²) in [5.41, 5.74) is 0.132. The largest absolute Gasteiger partial charge is 0.340 e. The first kappa shape index (κ1) is 13.2. The minimum absolute atomic E-state index is 0.132. The fraction of sp³-hybridized carbons (Fsp3) is 0.583. The lowest BCUT2D eigenvalue weighted by Gasteiger charge is -2.13. The van der Waals surface area contributed by atoms with Crippen molar-refractivity contribution in [2.24, 2.45) is 0 Å². The fourth-order valence-corrected chi connectivity index (χ4v) is 2.39. The van der Waals surface area contributed by atoms with Crippen molar-refractivity contribution in [3.63, 3.8) is 0 Å². The SMILES string of the molecule is CC(C)(C)c1ncc(CNCCc2ncno2)s1. The van der Waals surface area contributed by atoms with E-state index in [4.69, 9.17) is 4.52 Å². The summed E-state index contributed by atoms with van der Waals surface area (Å²) in [6.45, 7) is 8.20. The van der Waals surface area contributed by atoms with E-state index in [1.807, 2.05) is 6.20 Å². The van der Waals surface area contributed by atoms with Crippen molar-refractivity contribution in [2.75, 3.05) is 6.54 Å². The highest BCUT2D eigenvalue weighted by Gasteiger charge is 2.17. The number of nitrogens with zero attached hydrogens (tertiary/aromatic N) is 3. The van der Waals surface area contributed by atoms with Crippen LogP contribution in [-0.2, 0) is 18.4 Å². The van der Waals surface area contributed by atoms with Crippen LogP contribution in [0, 0.1) is 0 Å². The van der Waals surface area contributed by atoms with Gasteiger partial charge in [0.25, 0.3) is 0 Å². The van der Waals surface area contributed by atoms with Gasteiger partial charge in [0.1, 0.15) is 0 Å². The van der Waals surface area contributed by atoms with E-state index in [1.54, 1.807) is 11.3 Å². The molecule has 6 heteroatoms. The van der Waals surface area contributed by atoms with Crippen LogP contribution in [0.5, 0.6) is 0 Å². The molecule has 0 aromatic carbocycles. The molecule has 0 saturated carbocycles. The molecular weight excluding hydrogens is 248 g/mol. The van der Waals surface area contributed by atoms with Gasteiger partial charge in [-0.25, -0.2) is 4.98 Å². The Morgan fingerprint density at radius 2 is 2.17 bits per heavy atom. The molecule has 0 fully saturated rings. The Hall–Kier alpha value is -1.27. The summed E-state index contributed by atoms with van der Waals surface area (Å²) in [6, 6.07) is 0. The third-order valence-electron chi connectivity index (χ3n) is 2.42. The quantitative estimate of drug-likeness (QED) is 0.840. The van der Waals surface area contributed by atoms with Gasteiger partial charge in [0.2, 0.25) is 5.89 Å². The van der Waals surface area contributed by atoms with Gasteiger partial charge in [0, 0.05) is 36.0 Å². The minimum atomic E-state index is 0.132. The topological polar surface area (TPSA) is 63.8 Å². The van der Waals surface area contributed by atoms with Crippen molar-refractivity contribution in [2.45, 2.75) is 39.2 Å². The molecule has 0 atom stereocenters. The van der Waals surface area contributed by atoms with Crippen LogP contribution in [0.25, 0.3) is 0 Å². The molecule has 5 nitrogen and oxygen atoms in total. The molecule has 2 aromatic rings. The van der Waals surface area contributed by atoms with E-state index in [0.29, 0.717) is 5.89 Å². The Kier molecular flexibility index (Phi) is 4.08. The first-order valence-electron chi connectivity index (χ1n) is 5.97. The van der Waals surface area contributed by atoms with E-state index in [1.165, 1.54) is 16.2 Å². The normalized spacial score (nSPS) is 11.9. The van der Waals surface area contributed by atoms with Gasteiger partial charge in [-0.15, -0.1) is 11.3 Å². The molecule has 0 aliphatic carbocycles. The van der Waals surface area contributed by atoms with E-state index < -0.39 is 0 Å². The second-order valence-corrected chi connectivity index (χ2v) is 6.26. The van der Waals surface area contributed by atoms with Crippen LogP contribution in [0.3, 0.4) is 0 Å². The van der Waals surface area contributed by atoms with Crippen molar-refractivity contribution >= 4 is 11.3 Å². The Bertz CT molecular complexity index is 472. The molecule has 1 N–H and O–H groups in total. The Balaban J connectivity index is 1.75. The maximum atomic E-state index is 4.92. The van der Waals surface area contributed by atoms with Gasteiger partial charge < -0.3 is 9.84 Å². The highest BCUT2D eigenvalue weighted by atomic mass is 32.1. The van der Waals surface area contributed by atoms with Gasteiger partial charge in [-0.1, -0.05) is 25.9 Å². The van der Waals surface area contributed by atoms with Gasteiger partial charge in [-0.05, 0) is 0 Å². The maximum absolute atomic E-state index is 4.92. The van der Waals surface area contributed by atoms with Crippen LogP contribution in [0.15, 0.2) is 17.0 Å². The number of hydrogen-bond donors (Lipinski definition) is 1. The van der Waals surface area contributed by atoms with Crippen LogP contribution in [0.2, 0.25) is 0 Å². The fourth-order valence-electron chi connectivity index (χ4n) is 1.45. The van der Waals surface area contributed by atoms with Crippen molar-refractivity contribution in [1.29, 1.82) is 0 Å². The van der Waals surface area contributed by atoms with Crippen molar-refractivity contribution in [3.05, 3.63) is 28.3 Å². The molecule has 2 aromatic heterocycles. The summed E-state index contributed by atoms with van der Waals surface area (Å²) in [5.74, 6) is 0.669. The van der Waals surface area contributed by atoms with Gasteiger partial charge >= 0.3 is 0 Å². The summed E-state index contributed by atoms with van der Waals surface area (Å²) in [6.07, 6.45) is 4.13. The molecule has 98 valence electrons. The average molecular weight is 266 g/mol. The number of rotatable bonds is 5. The number of hydrogen-bond acceptors (Lipinski definition) is 6. The molecule has 0 aliphatic heterocycles. The van der Waals surface area contributed by atoms with E-state index in [9.17, 15) is 0 Å². The first-order valence-corrected chi connectivity index (χ1v) is 6.79. The molecule has 0 unspecified atom stereocenters. The summed E-state index contributed by atoms with van der Waals surface area (Å²) < 4.78 is 4.92. The van der Waals surface area contributed by atoms with E-state index in [-0.39, 0.29) is 5.41 Å². The molecule has 0 bridgehead atoms. The number of thiazole rings is 1. The Labute approximate surface area is 111 Å². The molecule has 0 aliphatic rings. The zero-order chi connectivity index (χ0) is 13.0. The lowest BCUT2D eigenvalue weighted by atomic mass is 9.98. The van der Waals surface area contributed by atoms with Crippen LogP contribution >= 0.6 is 11.3 Å². The third-order valence-corrected chi connectivity index (χ3v) is 3.84. The van der Waals surface area contributed by atoms with Gasteiger partial charge in [0.15, 0.2) is 6.33 Å². The van der Waals surface area contributed by atoms with E-state index in [2.05, 4.69) is 41.2 Å². The molecule has 0 spiro atoms. The molecule has 2 rings (SSSR count). The zero-order valence-electron chi connectivity index (χ0n) is 10.9. The zero-order valence-corrected chi connectivity index (χ0v) is 11.8. The van der Waals surface area contributed by atoms with Crippen LogP contribution < -0.4 is 5.32 Å². The number of nitrogens with one attached hydrogen (secondary N) is 1. The van der Waals surface area contributed by atoms with Crippen LogP contribution in [0.4, 0.5) is 0 Å². The monoisotopic (exact) mass is 266 g/mol. The highest BCUT2D eigenvalue weighted by Crippen LogP contribution is 2.26. The lowest BCUT2D eigenvalue weighted by molar-refractivity contribution is 0.375. The predicted molar refractivity (Wildman–Crippen MR) is 70.5 cm³/mol. The van der Waals surface area contributed by atoms with E-state index in [0.717, 1.165) is 19.5 Å². The van der Waals surface area contributed by atoms with Crippen molar-refractivity contribution < 1.29 is 4.52 Å². The van der Waals surface area contributed by atoms with Crippen molar-refractivity contribution in [1.82, 2.24) is 20.4 Å². The molecule has 0 radical (unpaired) electrons. The lowest BCUT2D eigenvalue weighted by Crippen LogP contribution is -2.16. The standard InChI is InChI=1S/C12H18N4OS/c1-12(2,3)11-14-7-9(18-11)6-13-5-4-10-15-8-16-17-10/h7-8,13H,4-6H2,1-3H3. The third kappa shape index (κ3) is 3.61. The predicted octanol–water partition coefficient (Wildman–Crippen LogP) is 2.16. The Morgan fingerprint density at radius 3 is 2.78 bits per heavy atom. The van der Waals surface area contributed by atoms with E-state index >= 15 is 0 Å². The smallest absolute Gasteiger partial charge is 0.227 e. The Morgan fingerprint density at radius 1 is 1.33 bits per heavy atom. The summed E-state index contributed by atoms with van der Waals surface area (Å²) in [4.78, 5) is 9.68. The first-order chi connectivity index (χ1) is 8.55. The van der Waals surface area contributed by atoms with Gasteiger partial charge in [0.05, 0.1) is 5.01 Å². The summed E-state index contributed by atoms with van der Waals surface area (Å²) in [7, 11) is 0. The molecule has 18 heavy (non-hydrogen) atoms. The highest BCUT2D eigenvalue weighted by molar-refractivity contribution is 7.11. The maximum Gasteiger partial charge on any atom is 0.227 e. The second-order valence-electron chi connectivity index (χ2n) is 5.14. The van der Waals surface area contributed by atoms with Crippen LogP contribution in [-0.4, -0.2) is 21.7 Å². The second kappa shape index (κ2) is 5.58. The summed E-state index contributed by atoms with van der Waals surface area (Å²) >= 11 is 1.76. The molecule has 2 heterocycles. The summed E-state index contributed by atoms with van der Waals surface area (Å²) in [5, 5.41) is 8.09. The molecule has 0 saturated heterocycles.